The summed E-state index contributed by atoms with van der Waals surface area (Å²) in [5, 5.41) is 0. The van der Waals surface area contributed by atoms with Crippen molar-refractivity contribution < 1.29 is 0 Å². The first kappa shape index (κ1) is 14.8. The fourth-order valence-corrected chi connectivity index (χ4v) is 2.99. The monoisotopic (exact) mass is 317 g/mol. The normalized spacial score (nSPS) is 14.6. The fraction of sp³-hybridized carbons (Fsp3) is 0.263. The van der Waals surface area contributed by atoms with E-state index in [-0.39, 0.29) is 0 Å². The molecule has 5 nitrogen and oxygen atoms in total. The minimum Gasteiger partial charge on any atom is -0.356 e. The molecule has 0 unspecified atom stereocenters. The molecule has 3 aromatic rings. The molecule has 1 fully saturated rings. The van der Waals surface area contributed by atoms with Crippen LogP contribution in [-0.4, -0.2) is 33.0 Å². The lowest BCUT2D eigenvalue weighted by Gasteiger charge is -2.28. The molecule has 0 N–H and O–H groups in total. The SMILES string of the molecule is c1ccc(-c2cc(N3CCCCC3)nc(-c3cccnc3)n2)nc1. The highest BCUT2D eigenvalue weighted by Crippen LogP contribution is 2.26. The quantitative estimate of drug-likeness (QED) is 0.739. The van der Waals surface area contributed by atoms with Gasteiger partial charge in [0.05, 0.1) is 11.4 Å². The highest BCUT2D eigenvalue weighted by Gasteiger charge is 2.16. The van der Waals surface area contributed by atoms with Gasteiger partial charge >= 0.3 is 0 Å². The smallest absolute Gasteiger partial charge is 0.163 e. The maximum absolute atomic E-state index is 4.80. The summed E-state index contributed by atoms with van der Waals surface area (Å²) in [6, 6.07) is 11.8. The second-order valence-corrected chi connectivity index (χ2v) is 5.94. The third-order valence-electron chi connectivity index (χ3n) is 4.24. The summed E-state index contributed by atoms with van der Waals surface area (Å²) in [6.07, 6.45) is 9.08. The number of hydrogen-bond donors (Lipinski definition) is 0. The average molecular weight is 317 g/mol. The van der Waals surface area contributed by atoms with Crippen LogP contribution in [0, 0.1) is 0 Å². The van der Waals surface area contributed by atoms with Crippen molar-refractivity contribution in [2.75, 3.05) is 18.0 Å². The van der Waals surface area contributed by atoms with E-state index in [4.69, 9.17) is 9.97 Å². The van der Waals surface area contributed by atoms with Gasteiger partial charge in [-0.25, -0.2) is 9.97 Å². The van der Waals surface area contributed by atoms with Crippen molar-refractivity contribution in [2.45, 2.75) is 19.3 Å². The van der Waals surface area contributed by atoms with Crippen LogP contribution < -0.4 is 4.90 Å². The van der Waals surface area contributed by atoms with Crippen LogP contribution in [0.25, 0.3) is 22.8 Å². The third kappa shape index (κ3) is 3.11. The first-order chi connectivity index (χ1) is 11.9. The third-order valence-corrected chi connectivity index (χ3v) is 4.24. The van der Waals surface area contributed by atoms with Crippen LogP contribution in [0.4, 0.5) is 5.82 Å². The van der Waals surface area contributed by atoms with E-state index in [0.717, 1.165) is 35.9 Å². The Bertz CT molecular complexity index is 741. The molecule has 4 rings (SSSR count). The van der Waals surface area contributed by atoms with Crippen LogP contribution in [0.5, 0.6) is 0 Å². The molecule has 120 valence electrons. The van der Waals surface area contributed by atoms with E-state index in [9.17, 15) is 0 Å². The second-order valence-electron chi connectivity index (χ2n) is 5.94. The van der Waals surface area contributed by atoms with Gasteiger partial charge in [-0.05, 0) is 43.5 Å². The van der Waals surface area contributed by atoms with Crippen LogP contribution in [-0.2, 0) is 0 Å². The van der Waals surface area contributed by atoms with Gasteiger partial charge in [0.1, 0.15) is 5.82 Å². The molecule has 24 heavy (non-hydrogen) atoms. The first-order valence-corrected chi connectivity index (χ1v) is 8.36. The summed E-state index contributed by atoms with van der Waals surface area (Å²) < 4.78 is 0. The zero-order valence-electron chi connectivity index (χ0n) is 13.5. The predicted octanol–water partition coefficient (Wildman–Crippen LogP) is 3.59. The molecular weight excluding hydrogens is 298 g/mol. The van der Waals surface area contributed by atoms with Crippen LogP contribution in [0.3, 0.4) is 0 Å². The molecule has 0 amide bonds. The Morgan fingerprint density at radius 2 is 1.75 bits per heavy atom. The molecule has 0 atom stereocenters. The molecule has 0 aliphatic carbocycles. The van der Waals surface area contributed by atoms with Gasteiger partial charge in [-0.15, -0.1) is 0 Å². The summed E-state index contributed by atoms with van der Waals surface area (Å²) in [5.74, 6) is 1.68. The lowest BCUT2D eigenvalue weighted by Crippen LogP contribution is -2.30. The van der Waals surface area contributed by atoms with Gasteiger partial charge in [0.15, 0.2) is 5.82 Å². The van der Waals surface area contributed by atoms with Crippen molar-refractivity contribution in [3.8, 4) is 22.8 Å². The summed E-state index contributed by atoms with van der Waals surface area (Å²) >= 11 is 0. The van der Waals surface area contributed by atoms with Crippen molar-refractivity contribution in [3.05, 3.63) is 55.0 Å². The highest BCUT2D eigenvalue weighted by molar-refractivity contribution is 5.65. The molecule has 0 bridgehead atoms. The predicted molar refractivity (Wildman–Crippen MR) is 94.6 cm³/mol. The van der Waals surface area contributed by atoms with Crippen LogP contribution in [0.1, 0.15) is 19.3 Å². The average Bonchev–Trinajstić information content (AvgIpc) is 2.70. The molecule has 4 heterocycles. The fourth-order valence-electron chi connectivity index (χ4n) is 2.99. The van der Waals surface area contributed by atoms with Crippen molar-refractivity contribution in [1.29, 1.82) is 0 Å². The summed E-state index contributed by atoms with van der Waals surface area (Å²) in [4.78, 5) is 20.5. The van der Waals surface area contributed by atoms with Gasteiger partial charge in [-0.1, -0.05) is 6.07 Å². The van der Waals surface area contributed by atoms with Crippen LogP contribution >= 0.6 is 0 Å². The Morgan fingerprint density at radius 1 is 0.833 bits per heavy atom. The molecular formula is C19H19N5. The topological polar surface area (TPSA) is 54.8 Å². The number of rotatable bonds is 3. The number of nitrogens with zero attached hydrogens (tertiary/aromatic N) is 5. The minimum absolute atomic E-state index is 0.701. The summed E-state index contributed by atoms with van der Waals surface area (Å²) in [6.45, 7) is 2.09. The zero-order valence-corrected chi connectivity index (χ0v) is 13.5. The summed E-state index contributed by atoms with van der Waals surface area (Å²) in [5.41, 5.74) is 2.64. The van der Waals surface area contributed by atoms with E-state index in [2.05, 4.69) is 14.9 Å². The Balaban J connectivity index is 1.81. The Kier molecular flexibility index (Phi) is 4.14. The molecule has 0 spiro atoms. The van der Waals surface area contributed by atoms with Gasteiger partial charge in [-0.2, -0.15) is 0 Å². The minimum atomic E-state index is 0.701. The van der Waals surface area contributed by atoms with Gasteiger partial charge in [0.2, 0.25) is 0 Å². The largest absolute Gasteiger partial charge is 0.356 e. The molecule has 0 radical (unpaired) electrons. The summed E-state index contributed by atoms with van der Waals surface area (Å²) in [7, 11) is 0. The standard InChI is InChI=1S/C19H19N5/c1-4-11-24(12-5-1)18-13-17(16-8-2-3-10-21-16)22-19(23-18)15-7-6-9-20-14-15/h2-3,6-10,13-14H,1,4-5,11-12H2. The molecule has 3 aromatic heterocycles. The molecule has 1 aliphatic rings. The van der Waals surface area contributed by atoms with Gasteiger partial charge in [0, 0.05) is 43.3 Å². The van der Waals surface area contributed by atoms with Crippen molar-refractivity contribution in [1.82, 2.24) is 19.9 Å². The molecule has 0 aromatic carbocycles. The maximum Gasteiger partial charge on any atom is 0.163 e. The van der Waals surface area contributed by atoms with E-state index in [1.54, 1.807) is 18.6 Å². The Hall–Kier alpha value is -2.82. The lowest BCUT2D eigenvalue weighted by molar-refractivity contribution is 0.573. The first-order valence-electron chi connectivity index (χ1n) is 8.36. The van der Waals surface area contributed by atoms with Crippen molar-refractivity contribution in [2.24, 2.45) is 0 Å². The van der Waals surface area contributed by atoms with Crippen molar-refractivity contribution >= 4 is 5.82 Å². The lowest BCUT2D eigenvalue weighted by atomic mass is 10.1. The van der Waals surface area contributed by atoms with E-state index < -0.39 is 0 Å². The number of pyridine rings is 2. The number of hydrogen-bond acceptors (Lipinski definition) is 5. The molecule has 0 saturated carbocycles. The molecule has 5 heteroatoms. The van der Waals surface area contributed by atoms with E-state index >= 15 is 0 Å². The van der Waals surface area contributed by atoms with Crippen molar-refractivity contribution in [3.63, 3.8) is 0 Å². The number of piperidine rings is 1. The highest BCUT2D eigenvalue weighted by atomic mass is 15.2. The number of anilines is 1. The Labute approximate surface area is 141 Å². The molecule has 1 aliphatic heterocycles. The number of aromatic nitrogens is 4. The van der Waals surface area contributed by atoms with Gasteiger partial charge < -0.3 is 4.90 Å². The second kappa shape index (κ2) is 6.74. The zero-order chi connectivity index (χ0) is 16.2. The van der Waals surface area contributed by atoms with Crippen LogP contribution in [0.2, 0.25) is 0 Å². The van der Waals surface area contributed by atoms with E-state index in [1.165, 1.54) is 19.3 Å². The van der Waals surface area contributed by atoms with Gasteiger partial charge in [0.25, 0.3) is 0 Å². The Morgan fingerprint density at radius 3 is 2.50 bits per heavy atom. The molecule has 1 saturated heterocycles. The van der Waals surface area contributed by atoms with E-state index in [1.807, 2.05) is 36.4 Å². The van der Waals surface area contributed by atoms with E-state index in [0.29, 0.717) is 5.82 Å². The van der Waals surface area contributed by atoms with Gasteiger partial charge in [-0.3, -0.25) is 9.97 Å². The maximum atomic E-state index is 4.80. The van der Waals surface area contributed by atoms with Crippen LogP contribution in [0.15, 0.2) is 55.0 Å².